The zero-order valence-corrected chi connectivity index (χ0v) is 13.4. The summed E-state index contributed by atoms with van der Waals surface area (Å²) in [5, 5.41) is 8.94. The first-order valence-electron chi connectivity index (χ1n) is 8.38. The fourth-order valence-corrected chi connectivity index (χ4v) is 3.21. The molecule has 1 N–H and O–H groups in total. The number of fused-ring (bicyclic) bond motifs is 1. The van der Waals surface area contributed by atoms with Gasteiger partial charge in [-0.05, 0) is 49.7 Å². The third kappa shape index (κ3) is 2.99. The molecule has 0 aliphatic carbocycles. The molecule has 0 spiro atoms. The molecule has 5 heteroatoms. The van der Waals surface area contributed by atoms with Crippen molar-refractivity contribution in [1.29, 1.82) is 0 Å². The van der Waals surface area contributed by atoms with Gasteiger partial charge >= 0.3 is 0 Å². The summed E-state index contributed by atoms with van der Waals surface area (Å²) in [7, 11) is 0. The van der Waals surface area contributed by atoms with Gasteiger partial charge in [0.15, 0.2) is 0 Å². The molecule has 1 saturated heterocycles. The number of hydrogen-bond donors (Lipinski definition) is 1. The van der Waals surface area contributed by atoms with Gasteiger partial charge in [-0.25, -0.2) is 9.07 Å². The third-order valence-electron chi connectivity index (χ3n) is 4.46. The van der Waals surface area contributed by atoms with Crippen LogP contribution in [0.4, 0.5) is 4.39 Å². The number of rotatable bonds is 4. The van der Waals surface area contributed by atoms with E-state index in [0.29, 0.717) is 24.1 Å². The summed E-state index contributed by atoms with van der Waals surface area (Å²) in [5.74, 6) is 0.847. The van der Waals surface area contributed by atoms with E-state index in [1.165, 1.54) is 25.0 Å². The molecule has 0 radical (unpaired) electrons. The molecule has 4 rings (SSSR count). The van der Waals surface area contributed by atoms with Gasteiger partial charge in [0.1, 0.15) is 5.82 Å². The average Bonchev–Trinajstić information content (AvgIpc) is 3.00. The Kier molecular flexibility index (Phi) is 4.17. The first-order valence-corrected chi connectivity index (χ1v) is 8.38. The van der Waals surface area contributed by atoms with Crippen molar-refractivity contribution in [2.24, 2.45) is 5.92 Å². The fourth-order valence-electron chi connectivity index (χ4n) is 3.21. The van der Waals surface area contributed by atoms with Crippen LogP contribution >= 0.6 is 0 Å². The Labute approximate surface area is 140 Å². The number of nitrogens with zero attached hydrogens (tertiary/aromatic N) is 2. The maximum Gasteiger partial charge on any atom is 0.241 e. The van der Waals surface area contributed by atoms with Crippen molar-refractivity contribution in [2.45, 2.75) is 12.8 Å². The first-order chi connectivity index (χ1) is 11.8. The molecule has 124 valence electrons. The molecule has 4 nitrogen and oxygen atoms in total. The molecule has 1 atom stereocenters. The number of nitrogens with one attached hydrogen (secondary N) is 1. The molecule has 0 amide bonds. The molecule has 1 aromatic heterocycles. The maximum absolute atomic E-state index is 13.6. The Morgan fingerprint density at radius 1 is 1.21 bits per heavy atom. The molecule has 1 unspecified atom stereocenters. The summed E-state index contributed by atoms with van der Waals surface area (Å²) < 4.78 is 21.3. The minimum Gasteiger partial charge on any atom is -0.476 e. The highest BCUT2D eigenvalue weighted by Crippen LogP contribution is 2.28. The Morgan fingerprint density at radius 2 is 2.12 bits per heavy atom. The number of aromatic nitrogens is 2. The predicted octanol–water partition coefficient (Wildman–Crippen LogP) is 3.54. The van der Waals surface area contributed by atoms with E-state index in [1.54, 1.807) is 10.7 Å². The number of piperidine rings is 1. The molecular weight excluding hydrogens is 305 g/mol. The van der Waals surface area contributed by atoms with E-state index in [9.17, 15) is 4.39 Å². The van der Waals surface area contributed by atoms with Gasteiger partial charge in [-0.3, -0.25) is 0 Å². The Bertz CT molecular complexity index is 839. The third-order valence-corrected chi connectivity index (χ3v) is 4.46. The van der Waals surface area contributed by atoms with Gasteiger partial charge in [-0.15, -0.1) is 5.10 Å². The lowest BCUT2D eigenvalue weighted by atomic mass is 10.0. The van der Waals surface area contributed by atoms with Crippen LogP contribution in [0.15, 0.2) is 48.5 Å². The van der Waals surface area contributed by atoms with Crippen molar-refractivity contribution in [3.63, 3.8) is 0 Å². The zero-order valence-electron chi connectivity index (χ0n) is 13.4. The van der Waals surface area contributed by atoms with E-state index in [1.807, 2.05) is 30.3 Å². The smallest absolute Gasteiger partial charge is 0.241 e. The van der Waals surface area contributed by atoms with Gasteiger partial charge in [0.2, 0.25) is 5.88 Å². The summed E-state index contributed by atoms with van der Waals surface area (Å²) in [6.45, 7) is 2.73. The minimum absolute atomic E-state index is 0.275. The maximum atomic E-state index is 13.6. The van der Waals surface area contributed by atoms with Gasteiger partial charge in [-0.2, -0.15) is 0 Å². The Morgan fingerprint density at radius 3 is 2.96 bits per heavy atom. The molecule has 0 bridgehead atoms. The lowest BCUT2D eigenvalue weighted by molar-refractivity contribution is 0.213. The van der Waals surface area contributed by atoms with Crippen molar-refractivity contribution in [1.82, 2.24) is 15.1 Å². The number of hydrogen-bond acceptors (Lipinski definition) is 3. The molecule has 3 aromatic rings. The van der Waals surface area contributed by atoms with Gasteiger partial charge in [0, 0.05) is 12.5 Å². The zero-order chi connectivity index (χ0) is 16.4. The second-order valence-corrected chi connectivity index (χ2v) is 6.24. The number of para-hydroxylation sites is 1. The summed E-state index contributed by atoms with van der Waals surface area (Å²) >= 11 is 0. The van der Waals surface area contributed by atoms with Crippen LogP contribution in [0, 0.1) is 11.7 Å². The van der Waals surface area contributed by atoms with Gasteiger partial charge < -0.3 is 10.1 Å². The van der Waals surface area contributed by atoms with Crippen LogP contribution < -0.4 is 10.1 Å². The second-order valence-electron chi connectivity index (χ2n) is 6.24. The lowest BCUT2D eigenvalue weighted by Crippen LogP contribution is -2.33. The monoisotopic (exact) mass is 325 g/mol. The van der Waals surface area contributed by atoms with Crippen molar-refractivity contribution < 1.29 is 9.13 Å². The fraction of sp³-hybridized carbons (Fsp3) is 0.316. The van der Waals surface area contributed by atoms with Gasteiger partial charge in [-0.1, -0.05) is 18.2 Å². The predicted molar refractivity (Wildman–Crippen MR) is 92.1 cm³/mol. The van der Waals surface area contributed by atoms with Gasteiger partial charge in [0.25, 0.3) is 0 Å². The van der Waals surface area contributed by atoms with Crippen LogP contribution in [0.25, 0.3) is 16.6 Å². The van der Waals surface area contributed by atoms with E-state index in [2.05, 4.69) is 10.4 Å². The van der Waals surface area contributed by atoms with E-state index in [0.717, 1.165) is 24.0 Å². The summed E-state index contributed by atoms with van der Waals surface area (Å²) in [6, 6.07) is 14.3. The molecule has 24 heavy (non-hydrogen) atoms. The van der Waals surface area contributed by atoms with Crippen LogP contribution in [0.5, 0.6) is 5.88 Å². The highest BCUT2D eigenvalue weighted by atomic mass is 19.1. The quantitative estimate of drug-likeness (QED) is 0.797. The summed E-state index contributed by atoms with van der Waals surface area (Å²) in [4.78, 5) is 0. The van der Waals surface area contributed by atoms with E-state index in [-0.39, 0.29) is 5.82 Å². The van der Waals surface area contributed by atoms with Crippen molar-refractivity contribution in [3.8, 4) is 11.6 Å². The molecule has 2 aromatic carbocycles. The lowest BCUT2D eigenvalue weighted by Gasteiger charge is -2.22. The standard InChI is InChI=1S/C19H20FN3O/c20-15-6-3-7-16(11-15)23-18-9-2-1-8-17(18)19(22-23)24-13-14-5-4-10-21-12-14/h1-3,6-9,11,14,21H,4-5,10,12-13H2. The highest BCUT2D eigenvalue weighted by Gasteiger charge is 2.17. The van der Waals surface area contributed by atoms with Crippen LogP contribution in [-0.2, 0) is 0 Å². The van der Waals surface area contributed by atoms with Crippen molar-refractivity contribution >= 4 is 10.9 Å². The van der Waals surface area contributed by atoms with Gasteiger partial charge in [0.05, 0.1) is 23.2 Å². The van der Waals surface area contributed by atoms with Crippen LogP contribution in [0.3, 0.4) is 0 Å². The second kappa shape index (κ2) is 6.61. The van der Waals surface area contributed by atoms with Crippen LogP contribution in [-0.4, -0.2) is 29.5 Å². The molecule has 2 heterocycles. The van der Waals surface area contributed by atoms with E-state index >= 15 is 0 Å². The Balaban J connectivity index is 1.66. The number of ether oxygens (including phenoxy) is 1. The number of benzene rings is 2. The van der Waals surface area contributed by atoms with E-state index < -0.39 is 0 Å². The van der Waals surface area contributed by atoms with E-state index in [4.69, 9.17) is 4.74 Å². The van der Waals surface area contributed by atoms with Crippen LogP contribution in [0.1, 0.15) is 12.8 Å². The molecular formula is C19H20FN3O. The summed E-state index contributed by atoms with van der Waals surface area (Å²) in [5.41, 5.74) is 1.61. The molecule has 1 aliphatic heterocycles. The first kappa shape index (κ1) is 15.1. The normalized spacial score (nSPS) is 18.0. The summed E-state index contributed by atoms with van der Waals surface area (Å²) in [6.07, 6.45) is 2.36. The Hall–Kier alpha value is -2.40. The highest BCUT2D eigenvalue weighted by molar-refractivity contribution is 5.85. The molecule has 1 fully saturated rings. The SMILES string of the molecule is Fc1cccc(-n2nc(OCC3CCCNC3)c3ccccc32)c1. The average molecular weight is 325 g/mol. The minimum atomic E-state index is -0.275. The molecule has 0 saturated carbocycles. The molecule has 1 aliphatic rings. The van der Waals surface area contributed by atoms with Crippen LogP contribution in [0.2, 0.25) is 0 Å². The van der Waals surface area contributed by atoms with Crippen molar-refractivity contribution in [2.75, 3.05) is 19.7 Å². The largest absolute Gasteiger partial charge is 0.476 e. The topological polar surface area (TPSA) is 39.1 Å². The number of halogens is 1. The van der Waals surface area contributed by atoms with Crippen molar-refractivity contribution in [3.05, 3.63) is 54.3 Å².